The first kappa shape index (κ1) is 14.9. The van der Waals surface area contributed by atoms with E-state index in [2.05, 4.69) is 15.2 Å². The van der Waals surface area contributed by atoms with Gasteiger partial charge in [-0.2, -0.15) is 0 Å². The molecule has 5 nitrogen and oxygen atoms in total. The van der Waals surface area contributed by atoms with Gasteiger partial charge in [0.1, 0.15) is 0 Å². The van der Waals surface area contributed by atoms with Gasteiger partial charge in [0.25, 0.3) is 0 Å². The molecule has 1 saturated heterocycles. The lowest BCUT2D eigenvalue weighted by Gasteiger charge is -2.31. The topological polar surface area (TPSA) is 65.5 Å². The number of nitrogens with one attached hydrogen (secondary N) is 1. The number of hydrogen-bond donors (Lipinski definition) is 2. The average molecular weight is 277 g/mol. The highest BCUT2D eigenvalue weighted by atomic mass is 16.3. The number of carbonyl (C=O) groups is 1. The second-order valence-corrected chi connectivity index (χ2v) is 5.37. The Labute approximate surface area is 120 Å². The third-order valence-electron chi connectivity index (χ3n) is 3.73. The zero-order chi connectivity index (χ0) is 14.2. The SMILES string of the molecule is O=C(Cc1ccncc1)NCCN1CCCC(CO)C1. The van der Waals surface area contributed by atoms with E-state index < -0.39 is 0 Å². The highest BCUT2D eigenvalue weighted by Crippen LogP contribution is 2.14. The maximum absolute atomic E-state index is 11.8. The minimum absolute atomic E-state index is 0.0481. The molecule has 5 heteroatoms. The van der Waals surface area contributed by atoms with Crippen LogP contribution in [0.5, 0.6) is 0 Å². The number of nitrogens with zero attached hydrogens (tertiary/aromatic N) is 2. The molecule has 2 heterocycles. The van der Waals surface area contributed by atoms with Crippen LogP contribution in [0.3, 0.4) is 0 Å². The van der Waals surface area contributed by atoms with Crippen molar-refractivity contribution in [1.82, 2.24) is 15.2 Å². The van der Waals surface area contributed by atoms with E-state index in [4.69, 9.17) is 0 Å². The molecule has 0 spiro atoms. The highest BCUT2D eigenvalue weighted by Gasteiger charge is 2.18. The number of carbonyl (C=O) groups excluding carboxylic acids is 1. The predicted octanol–water partition coefficient (Wildman–Crippen LogP) is 0.445. The molecule has 2 N–H and O–H groups in total. The van der Waals surface area contributed by atoms with E-state index in [9.17, 15) is 9.90 Å². The summed E-state index contributed by atoms with van der Waals surface area (Å²) in [4.78, 5) is 18.0. The van der Waals surface area contributed by atoms with Crippen molar-refractivity contribution in [3.8, 4) is 0 Å². The molecule has 1 aromatic rings. The lowest BCUT2D eigenvalue weighted by molar-refractivity contribution is -0.120. The Morgan fingerprint density at radius 2 is 2.25 bits per heavy atom. The molecule has 0 saturated carbocycles. The van der Waals surface area contributed by atoms with Crippen molar-refractivity contribution in [3.05, 3.63) is 30.1 Å². The molecule has 1 unspecified atom stereocenters. The minimum Gasteiger partial charge on any atom is -0.396 e. The zero-order valence-electron chi connectivity index (χ0n) is 11.8. The fourth-order valence-electron chi connectivity index (χ4n) is 2.61. The Hall–Kier alpha value is -1.46. The summed E-state index contributed by atoms with van der Waals surface area (Å²) in [5.41, 5.74) is 0.982. The van der Waals surface area contributed by atoms with Gasteiger partial charge in [-0.25, -0.2) is 0 Å². The third kappa shape index (κ3) is 4.90. The number of aliphatic hydroxyl groups excluding tert-OH is 1. The second kappa shape index (κ2) is 7.97. The number of piperidine rings is 1. The lowest BCUT2D eigenvalue weighted by Crippen LogP contribution is -2.41. The lowest BCUT2D eigenvalue weighted by atomic mass is 9.99. The second-order valence-electron chi connectivity index (χ2n) is 5.37. The predicted molar refractivity (Wildman–Crippen MR) is 77.2 cm³/mol. The van der Waals surface area contributed by atoms with Crippen molar-refractivity contribution in [2.24, 2.45) is 5.92 Å². The molecule has 20 heavy (non-hydrogen) atoms. The van der Waals surface area contributed by atoms with Gasteiger partial charge in [-0.1, -0.05) is 0 Å². The summed E-state index contributed by atoms with van der Waals surface area (Å²) in [6.45, 7) is 3.80. The Balaban J connectivity index is 1.64. The van der Waals surface area contributed by atoms with Crippen LogP contribution in [0, 0.1) is 5.92 Å². The summed E-state index contributed by atoms with van der Waals surface area (Å²) >= 11 is 0. The molecule has 110 valence electrons. The third-order valence-corrected chi connectivity index (χ3v) is 3.73. The van der Waals surface area contributed by atoms with E-state index in [1.807, 2.05) is 12.1 Å². The summed E-state index contributed by atoms with van der Waals surface area (Å²) in [6.07, 6.45) is 6.05. The molecule has 1 amide bonds. The fourth-order valence-corrected chi connectivity index (χ4v) is 2.61. The molecular weight excluding hydrogens is 254 g/mol. The quantitative estimate of drug-likeness (QED) is 0.792. The van der Waals surface area contributed by atoms with Crippen LogP contribution in [0.25, 0.3) is 0 Å². The van der Waals surface area contributed by atoms with Crippen LogP contribution in [-0.4, -0.2) is 53.7 Å². The largest absolute Gasteiger partial charge is 0.396 e. The number of pyridine rings is 1. The number of aliphatic hydroxyl groups is 1. The summed E-state index contributed by atoms with van der Waals surface area (Å²) in [5, 5.41) is 12.1. The van der Waals surface area contributed by atoms with Gasteiger partial charge in [-0.3, -0.25) is 9.78 Å². The molecule has 1 atom stereocenters. The number of rotatable bonds is 6. The van der Waals surface area contributed by atoms with Crippen LogP contribution in [0.1, 0.15) is 18.4 Å². The van der Waals surface area contributed by atoms with Crippen molar-refractivity contribution in [3.63, 3.8) is 0 Å². The van der Waals surface area contributed by atoms with Crippen LogP contribution >= 0.6 is 0 Å². The summed E-state index contributed by atoms with van der Waals surface area (Å²) in [5.74, 6) is 0.447. The average Bonchev–Trinajstić information content (AvgIpc) is 2.48. The minimum atomic E-state index is 0.0481. The van der Waals surface area contributed by atoms with Gasteiger partial charge in [0.05, 0.1) is 6.42 Å². The van der Waals surface area contributed by atoms with Crippen molar-refractivity contribution in [1.29, 1.82) is 0 Å². The molecule has 2 rings (SSSR count). The van der Waals surface area contributed by atoms with Gasteiger partial charge >= 0.3 is 0 Å². The van der Waals surface area contributed by atoms with Gasteiger partial charge in [-0.05, 0) is 43.0 Å². The van der Waals surface area contributed by atoms with Crippen LogP contribution in [0.15, 0.2) is 24.5 Å². The summed E-state index contributed by atoms with van der Waals surface area (Å²) in [6, 6.07) is 3.71. The van der Waals surface area contributed by atoms with E-state index in [1.54, 1.807) is 12.4 Å². The molecule has 1 fully saturated rings. The van der Waals surface area contributed by atoms with Crippen molar-refractivity contribution in [2.45, 2.75) is 19.3 Å². The molecule has 0 aliphatic carbocycles. The molecule has 0 radical (unpaired) electrons. The molecule has 1 aliphatic heterocycles. The first-order valence-corrected chi connectivity index (χ1v) is 7.26. The van der Waals surface area contributed by atoms with E-state index in [0.29, 0.717) is 18.9 Å². The van der Waals surface area contributed by atoms with Crippen molar-refractivity contribution in [2.75, 3.05) is 32.8 Å². The Bertz CT molecular complexity index is 411. The summed E-state index contributed by atoms with van der Waals surface area (Å²) in [7, 11) is 0. The highest BCUT2D eigenvalue weighted by molar-refractivity contribution is 5.78. The van der Waals surface area contributed by atoms with E-state index in [0.717, 1.165) is 38.0 Å². The summed E-state index contributed by atoms with van der Waals surface area (Å²) < 4.78 is 0. The van der Waals surface area contributed by atoms with Crippen molar-refractivity contribution < 1.29 is 9.90 Å². The van der Waals surface area contributed by atoms with E-state index in [1.165, 1.54) is 0 Å². The number of aromatic nitrogens is 1. The molecule has 0 bridgehead atoms. The molecule has 1 aliphatic rings. The van der Waals surface area contributed by atoms with Crippen LogP contribution in [-0.2, 0) is 11.2 Å². The van der Waals surface area contributed by atoms with Gasteiger partial charge in [0.2, 0.25) is 5.91 Å². The molecule has 1 aromatic heterocycles. The van der Waals surface area contributed by atoms with Gasteiger partial charge < -0.3 is 15.3 Å². The molecular formula is C15H23N3O2. The zero-order valence-corrected chi connectivity index (χ0v) is 11.8. The van der Waals surface area contributed by atoms with Crippen LogP contribution in [0.2, 0.25) is 0 Å². The van der Waals surface area contributed by atoms with Crippen molar-refractivity contribution >= 4 is 5.91 Å². The normalized spacial score (nSPS) is 19.8. The van der Waals surface area contributed by atoms with Gasteiger partial charge in [0.15, 0.2) is 0 Å². The van der Waals surface area contributed by atoms with E-state index in [-0.39, 0.29) is 12.5 Å². The van der Waals surface area contributed by atoms with Gasteiger partial charge in [0, 0.05) is 38.6 Å². The fraction of sp³-hybridized carbons (Fsp3) is 0.600. The van der Waals surface area contributed by atoms with Crippen LogP contribution in [0.4, 0.5) is 0 Å². The first-order valence-electron chi connectivity index (χ1n) is 7.26. The smallest absolute Gasteiger partial charge is 0.224 e. The first-order chi connectivity index (χ1) is 9.78. The number of amides is 1. The Morgan fingerprint density at radius 3 is 3.00 bits per heavy atom. The monoisotopic (exact) mass is 277 g/mol. The molecule has 0 aromatic carbocycles. The van der Waals surface area contributed by atoms with Crippen LogP contribution < -0.4 is 5.32 Å². The standard InChI is InChI=1S/C15H23N3O2/c19-12-14-2-1-8-18(11-14)9-7-17-15(20)10-13-3-5-16-6-4-13/h3-6,14,19H,1-2,7-12H2,(H,17,20). The van der Waals surface area contributed by atoms with Gasteiger partial charge in [-0.15, -0.1) is 0 Å². The number of likely N-dealkylation sites (tertiary alicyclic amines) is 1. The maximum atomic E-state index is 11.8. The Morgan fingerprint density at radius 1 is 1.45 bits per heavy atom. The number of hydrogen-bond acceptors (Lipinski definition) is 4. The van der Waals surface area contributed by atoms with E-state index >= 15 is 0 Å². The Kier molecular flexibility index (Phi) is 5.95. The maximum Gasteiger partial charge on any atom is 0.224 e.